The molecule has 0 N–H and O–H groups in total. The molecule has 132 valence electrons. The molecule has 24 heavy (non-hydrogen) atoms. The zero-order valence-corrected chi connectivity index (χ0v) is 15.2. The third-order valence-corrected chi connectivity index (χ3v) is 5.41. The van der Waals surface area contributed by atoms with Gasteiger partial charge >= 0.3 is 6.01 Å². The van der Waals surface area contributed by atoms with E-state index in [9.17, 15) is 4.79 Å². The summed E-state index contributed by atoms with van der Waals surface area (Å²) in [5.74, 6) is 1.63. The molecule has 0 spiro atoms. The number of hydrogen-bond donors (Lipinski definition) is 0. The van der Waals surface area contributed by atoms with Crippen molar-refractivity contribution in [2.24, 2.45) is 11.8 Å². The molecule has 0 aromatic carbocycles. The smallest absolute Gasteiger partial charge is 0.317 e. The minimum absolute atomic E-state index is 0.0875. The van der Waals surface area contributed by atoms with Crippen molar-refractivity contribution in [1.82, 2.24) is 14.9 Å². The maximum absolute atomic E-state index is 12.2. The minimum Gasteiger partial charge on any atom is -0.455 e. The van der Waals surface area contributed by atoms with Gasteiger partial charge in [-0.15, -0.1) is 0 Å². The van der Waals surface area contributed by atoms with Crippen LogP contribution in [0, 0.1) is 32.6 Å². The zero-order chi connectivity index (χ0) is 17.1. The summed E-state index contributed by atoms with van der Waals surface area (Å²) >= 11 is 0. The number of ketones is 1. The van der Waals surface area contributed by atoms with Crippen LogP contribution in [0.15, 0.2) is 0 Å². The SMILES string of the molecule is Cc1nc(OCC(=O)CC2CCN(CC3CC3)CC2)nc(C)c1C. The van der Waals surface area contributed by atoms with Gasteiger partial charge in [-0.25, -0.2) is 9.97 Å². The second kappa shape index (κ2) is 7.60. The summed E-state index contributed by atoms with van der Waals surface area (Å²) in [5.41, 5.74) is 2.90. The van der Waals surface area contributed by atoms with Crippen LogP contribution in [-0.4, -0.2) is 46.9 Å². The van der Waals surface area contributed by atoms with Gasteiger partial charge in [0.25, 0.3) is 0 Å². The van der Waals surface area contributed by atoms with E-state index in [0.717, 1.165) is 48.8 Å². The van der Waals surface area contributed by atoms with Gasteiger partial charge in [0, 0.05) is 24.4 Å². The number of likely N-dealkylation sites (tertiary alicyclic amines) is 1. The first-order valence-corrected chi connectivity index (χ1v) is 9.20. The average molecular weight is 331 g/mol. The van der Waals surface area contributed by atoms with Gasteiger partial charge in [-0.1, -0.05) is 0 Å². The van der Waals surface area contributed by atoms with Crippen molar-refractivity contribution in [3.8, 4) is 6.01 Å². The quantitative estimate of drug-likeness (QED) is 0.769. The Kier molecular flexibility index (Phi) is 5.49. The number of aryl methyl sites for hydroxylation is 2. The molecule has 1 saturated carbocycles. The second-order valence-corrected chi connectivity index (χ2v) is 7.52. The van der Waals surface area contributed by atoms with Crippen molar-refractivity contribution in [2.75, 3.05) is 26.2 Å². The van der Waals surface area contributed by atoms with Gasteiger partial charge in [-0.05, 0) is 76.9 Å². The molecule has 0 unspecified atom stereocenters. The number of hydrogen-bond acceptors (Lipinski definition) is 5. The van der Waals surface area contributed by atoms with E-state index in [1.807, 2.05) is 20.8 Å². The Morgan fingerprint density at radius 2 is 1.67 bits per heavy atom. The van der Waals surface area contributed by atoms with E-state index in [0.29, 0.717) is 18.3 Å². The number of ether oxygens (including phenoxy) is 1. The van der Waals surface area contributed by atoms with Crippen molar-refractivity contribution >= 4 is 5.78 Å². The monoisotopic (exact) mass is 331 g/mol. The number of piperidine rings is 1. The highest BCUT2D eigenvalue weighted by molar-refractivity contribution is 5.80. The molecule has 1 aromatic heterocycles. The molecule has 5 nitrogen and oxygen atoms in total. The van der Waals surface area contributed by atoms with Crippen LogP contribution in [0.1, 0.15) is 49.1 Å². The predicted octanol–water partition coefficient (Wildman–Crippen LogP) is 2.86. The van der Waals surface area contributed by atoms with Crippen LogP contribution in [0.25, 0.3) is 0 Å². The van der Waals surface area contributed by atoms with Crippen molar-refractivity contribution in [1.29, 1.82) is 0 Å². The first-order chi connectivity index (χ1) is 11.5. The molecule has 1 aromatic rings. The van der Waals surface area contributed by atoms with Crippen molar-refractivity contribution in [3.63, 3.8) is 0 Å². The summed E-state index contributed by atoms with van der Waals surface area (Å²) in [6, 6.07) is 0.322. The van der Waals surface area contributed by atoms with Crippen LogP contribution in [0.4, 0.5) is 0 Å². The third kappa shape index (κ3) is 4.76. The number of carbonyl (C=O) groups is 1. The van der Waals surface area contributed by atoms with E-state index in [4.69, 9.17) is 4.74 Å². The Morgan fingerprint density at radius 3 is 2.25 bits per heavy atom. The molecule has 3 rings (SSSR count). The average Bonchev–Trinajstić information content (AvgIpc) is 3.36. The maximum atomic E-state index is 12.2. The summed E-state index contributed by atoms with van der Waals surface area (Å²) in [7, 11) is 0. The molecule has 1 aliphatic heterocycles. The van der Waals surface area contributed by atoms with Crippen LogP contribution < -0.4 is 4.74 Å². The van der Waals surface area contributed by atoms with Gasteiger partial charge in [0.05, 0.1) is 0 Å². The van der Waals surface area contributed by atoms with E-state index >= 15 is 0 Å². The number of Topliss-reactive ketones (excluding diaryl/α,β-unsaturated/α-hetero) is 1. The third-order valence-electron chi connectivity index (χ3n) is 5.41. The highest BCUT2D eigenvalue weighted by atomic mass is 16.5. The lowest BCUT2D eigenvalue weighted by molar-refractivity contribution is -0.122. The molecule has 2 aliphatic rings. The Labute approximate surface area is 144 Å². The molecule has 5 heteroatoms. The normalized spacial score (nSPS) is 19.5. The summed E-state index contributed by atoms with van der Waals surface area (Å²) in [6.07, 6.45) is 5.72. The van der Waals surface area contributed by atoms with E-state index in [2.05, 4.69) is 14.9 Å². The number of aromatic nitrogens is 2. The van der Waals surface area contributed by atoms with E-state index in [1.165, 1.54) is 19.4 Å². The van der Waals surface area contributed by atoms with Crippen LogP contribution in [-0.2, 0) is 4.79 Å². The topological polar surface area (TPSA) is 55.3 Å². The highest BCUT2D eigenvalue weighted by Gasteiger charge is 2.27. The minimum atomic E-state index is 0.0875. The van der Waals surface area contributed by atoms with Gasteiger partial charge in [0.15, 0.2) is 5.78 Å². The Balaban J connectivity index is 1.39. The molecule has 1 saturated heterocycles. The molecular weight excluding hydrogens is 302 g/mol. The molecule has 0 amide bonds. The lowest BCUT2D eigenvalue weighted by atomic mass is 9.92. The van der Waals surface area contributed by atoms with Gasteiger partial charge in [0.1, 0.15) is 6.61 Å². The van der Waals surface area contributed by atoms with E-state index in [-0.39, 0.29) is 12.4 Å². The molecule has 2 fully saturated rings. The molecule has 0 radical (unpaired) electrons. The van der Waals surface area contributed by atoms with E-state index < -0.39 is 0 Å². The van der Waals surface area contributed by atoms with Gasteiger partial charge in [-0.3, -0.25) is 4.79 Å². The zero-order valence-electron chi connectivity index (χ0n) is 15.2. The first kappa shape index (κ1) is 17.3. The Hall–Kier alpha value is -1.49. The number of carbonyl (C=O) groups excluding carboxylic acids is 1. The summed E-state index contributed by atoms with van der Waals surface area (Å²) < 4.78 is 5.53. The summed E-state index contributed by atoms with van der Waals surface area (Å²) in [5, 5.41) is 0. The molecule has 2 heterocycles. The fourth-order valence-corrected chi connectivity index (χ4v) is 3.37. The van der Waals surface area contributed by atoms with Crippen LogP contribution in [0.2, 0.25) is 0 Å². The maximum Gasteiger partial charge on any atom is 0.317 e. The van der Waals surface area contributed by atoms with Gasteiger partial charge < -0.3 is 9.64 Å². The molecule has 0 atom stereocenters. The Bertz CT molecular complexity index is 567. The van der Waals surface area contributed by atoms with Crippen molar-refractivity contribution < 1.29 is 9.53 Å². The largest absolute Gasteiger partial charge is 0.455 e. The van der Waals surface area contributed by atoms with Crippen molar-refractivity contribution in [2.45, 2.75) is 52.9 Å². The number of rotatable bonds is 7. The first-order valence-electron chi connectivity index (χ1n) is 9.20. The highest BCUT2D eigenvalue weighted by Crippen LogP contribution is 2.31. The molecule has 1 aliphatic carbocycles. The lowest BCUT2D eigenvalue weighted by Crippen LogP contribution is -2.36. The summed E-state index contributed by atoms with van der Waals surface area (Å²) in [6.45, 7) is 9.53. The number of nitrogens with zero attached hydrogens (tertiary/aromatic N) is 3. The fourth-order valence-electron chi connectivity index (χ4n) is 3.37. The van der Waals surface area contributed by atoms with Gasteiger partial charge in [0.2, 0.25) is 0 Å². The van der Waals surface area contributed by atoms with Crippen LogP contribution >= 0.6 is 0 Å². The van der Waals surface area contributed by atoms with Crippen LogP contribution in [0.3, 0.4) is 0 Å². The van der Waals surface area contributed by atoms with Gasteiger partial charge in [-0.2, -0.15) is 0 Å². The van der Waals surface area contributed by atoms with E-state index in [1.54, 1.807) is 0 Å². The second-order valence-electron chi connectivity index (χ2n) is 7.52. The lowest BCUT2D eigenvalue weighted by Gasteiger charge is -2.31. The van der Waals surface area contributed by atoms with Crippen LogP contribution in [0.5, 0.6) is 6.01 Å². The molecule has 0 bridgehead atoms. The fraction of sp³-hybridized carbons (Fsp3) is 0.737. The predicted molar refractivity (Wildman–Crippen MR) is 93.3 cm³/mol. The summed E-state index contributed by atoms with van der Waals surface area (Å²) in [4.78, 5) is 23.4. The molecular formula is C19H29N3O2. The Morgan fingerprint density at radius 1 is 1.04 bits per heavy atom. The van der Waals surface area contributed by atoms with Crippen molar-refractivity contribution in [3.05, 3.63) is 17.0 Å². The standard InChI is InChI=1S/C19H29N3O2/c1-13-14(2)20-19(21-15(13)3)24-12-18(23)10-16-6-8-22(9-7-16)11-17-4-5-17/h16-17H,4-12H2,1-3H3.